The van der Waals surface area contributed by atoms with Crippen molar-refractivity contribution in [2.75, 3.05) is 6.61 Å². The first-order valence-corrected chi connectivity index (χ1v) is 6.12. The maximum Gasteiger partial charge on any atom is 0.128 e. The molecule has 4 atom stereocenters. The first-order chi connectivity index (χ1) is 8.15. The third-order valence-corrected chi connectivity index (χ3v) is 3.88. The van der Waals surface area contributed by atoms with E-state index < -0.39 is 6.17 Å². The number of halogens is 1. The lowest BCUT2D eigenvalue weighted by molar-refractivity contribution is 0.0986. The number of hydrogen-bond acceptors (Lipinski definition) is 1. The van der Waals surface area contributed by atoms with Crippen LogP contribution < -0.4 is 0 Å². The van der Waals surface area contributed by atoms with E-state index in [1.807, 2.05) is 30.3 Å². The summed E-state index contributed by atoms with van der Waals surface area (Å²) < 4.78 is 14.3. The van der Waals surface area contributed by atoms with Gasteiger partial charge >= 0.3 is 0 Å². The third kappa shape index (κ3) is 2.27. The van der Waals surface area contributed by atoms with Gasteiger partial charge in [-0.15, -0.1) is 0 Å². The lowest BCUT2D eigenvalue weighted by Crippen LogP contribution is -2.36. The number of alkyl halides is 1. The van der Waals surface area contributed by atoms with E-state index in [2.05, 4.69) is 13.5 Å². The Labute approximate surface area is 102 Å². The van der Waals surface area contributed by atoms with Gasteiger partial charge in [0.1, 0.15) is 6.17 Å². The van der Waals surface area contributed by atoms with Crippen LogP contribution in [-0.2, 0) is 0 Å². The number of allylic oxidation sites excluding steroid dienone is 1. The highest BCUT2D eigenvalue weighted by Gasteiger charge is 2.40. The summed E-state index contributed by atoms with van der Waals surface area (Å²) in [5, 5.41) is 9.50. The zero-order chi connectivity index (χ0) is 12.4. The van der Waals surface area contributed by atoms with Crippen molar-refractivity contribution in [3.8, 4) is 0 Å². The SMILES string of the molecule is C=C1C[C@@H](C)C(CO)[C@H](c2ccccc2)[C@H]1F. The maximum atomic E-state index is 14.3. The van der Waals surface area contributed by atoms with Crippen molar-refractivity contribution in [1.82, 2.24) is 0 Å². The van der Waals surface area contributed by atoms with E-state index in [0.29, 0.717) is 12.0 Å². The van der Waals surface area contributed by atoms with Crippen LogP contribution >= 0.6 is 0 Å². The normalized spacial score (nSPS) is 33.7. The van der Waals surface area contributed by atoms with Crippen molar-refractivity contribution in [1.29, 1.82) is 0 Å². The minimum Gasteiger partial charge on any atom is -0.396 e. The average molecular weight is 234 g/mol. The van der Waals surface area contributed by atoms with Gasteiger partial charge in [0.2, 0.25) is 0 Å². The molecule has 0 aliphatic heterocycles. The summed E-state index contributed by atoms with van der Waals surface area (Å²) in [5.74, 6) is 0.0139. The molecule has 0 bridgehead atoms. The Kier molecular flexibility index (Phi) is 3.63. The highest BCUT2D eigenvalue weighted by molar-refractivity contribution is 5.28. The smallest absolute Gasteiger partial charge is 0.128 e. The monoisotopic (exact) mass is 234 g/mol. The topological polar surface area (TPSA) is 20.2 Å². The Morgan fingerprint density at radius 1 is 1.35 bits per heavy atom. The van der Waals surface area contributed by atoms with E-state index in [-0.39, 0.29) is 24.4 Å². The van der Waals surface area contributed by atoms with Crippen LogP contribution in [0.5, 0.6) is 0 Å². The summed E-state index contributed by atoms with van der Waals surface area (Å²) in [7, 11) is 0. The molecule has 1 nitrogen and oxygen atoms in total. The predicted octanol–water partition coefficient (Wildman–Crippen LogP) is 3.31. The van der Waals surface area contributed by atoms with E-state index in [4.69, 9.17) is 0 Å². The molecule has 0 amide bonds. The van der Waals surface area contributed by atoms with E-state index in [9.17, 15) is 9.50 Å². The van der Waals surface area contributed by atoms with Crippen LogP contribution in [0.1, 0.15) is 24.8 Å². The van der Waals surface area contributed by atoms with Gasteiger partial charge in [-0.1, -0.05) is 43.8 Å². The largest absolute Gasteiger partial charge is 0.396 e. The molecule has 0 spiro atoms. The molecule has 0 radical (unpaired) electrons. The quantitative estimate of drug-likeness (QED) is 0.778. The van der Waals surface area contributed by atoms with Crippen LogP contribution in [0.15, 0.2) is 42.5 Å². The van der Waals surface area contributed by atoms with Crippen LogP contribution in [0.25, 0.3) is 0 Å². The number of hydrogen-bond donors (Lipinski definition) is 1. The molecule has 2 rings (SSSR count). The number of aliphatic hydroxyl groups excluding tert-OH is 1. The summed E-state index contributed by atoms with van der Waals surface area (Å²) in [6.07, 6.45) is -0.360. The number of aliphatic hydroxyl groups is 1. The molecule has 1 aliphatic rings. The highest BCUT2D eigenvalue weighted by atomic mass is 19.1. The van der Waals surface area contributed by atoms with Crippen LogP contribution in [0.4, 0.5) is 4.39 Å². The van der Waals surface area contributed by atoms with Crippen LogP contribution in [0.2, 0.25) is 0 Å². The first kappa shape index (κ1) is 12.3. The van der Waals surface area contributed by atoms with Gasteiger partial charge < -0.3 is 5.11 Å². The fourth-order valence-corrected chi connectivity index (χ4v) is 2.89. The number of rotatable bonds is 2. The minimum absolute atomic E-state index is 0.0158. The van der Waals surface area contributed by atoms with Gasteiger partial charge in [-0.3, -0.25) is 0 Å². The molecule has 17 heavy (non-hydrogen) atoms. The maximum absolute atomic E-state index is 14.3. The van der Waals surface area contributed by atoms with Crippen molar-refractivity contribution < 1.29 is 9.50 Å². The Morgan fingerprint density at radius 2 is 2.00 bits per heavy atom. The molecule has 1 unspecified atom stereocenters. The molecular weight excluding hydrogens is 215 g/mol. The van der Waals surface area contributed by atoms with Crippen LogP contribution in [0, 0.1) is 11.8 Å². The molecule has 1 saturated carbocycles. The second-order valence-corrected chi connectivity index (χ2v) is 5.02. The molecule has 1 N–H and O–H groups in total. The van der Waals surface area contributed by atoms with Gasteiger partial charge in [-0.05, 0) is 29.4 Å². The second kappa shape index (κ2) is 5.01. The molecule has 0 heterocycles. The molecular formula is C15H19FO. The summed E-state index contributed by atoms with van der Waals surface area (Å²) in [4.78, 5) is 0. The van der Waals surface area contributed by atoms with E-state index >= 15 is 0 Å². The van der Waals surface area contributed by atoms with Crippen LogP contribution in [0.3, 0.4) is 0 Å². The molecule has 1 aromatic rings. The van der Waals surface area contributed by atoms with Gasteiger partial charge in [0.25, 0.3) is 0 Å². The number of benzene rings is 1. The predicted molar refractivity (Wildman–Crippen MR) is 67.6 cm³/mol. The van der Waals surface area contributed by atoms with Gasteiger partial charge in [-0.2, -0.15) is 0 Å². The Morgan fingerprint density at radius 3 is 2.59 bits per heavy atom. The standard InChI is InChI=1S/C15H19FO/c1-10-8-11(2)15(16)14(13(10)9-17)12-6-4-3-5-7-12/h3-7,10,13-15,17H,2,8-9H2,1H3/t10-,13?,14+,15+/m1/s1. The molecule has 1 aromatic carbocycles. The Hall–Kier alpha value is -1.15. The Bertz CT molecular complexity index is 387. The molecule has 92 valence electrons. The van der Waals surface area contributed by atoms with Crippen molar-refractivity contribution in [3.05, 3.63) is 48.0 Å². The average Bonchev–Trinajstić information content (AvgIpc) is 2.34. The lowest BCUT2D eigenvalue weighted by Gasteiger charge is -2.39. The van der Waals surface area contributed by atoms with Gasteiger partial charge in [0.05, 0.1) is 0 Å². The fraction of sp³-hybridized carbons (Fsp3) is 0.467. The molecule has 0 saturated heterocycles. The highest BCUT2D eigenvalue weighted by Crippen LogP contribution is 2.44. The third-order valence-electron chi connectivity index (χ3n) is 3.88. The van der Waals surface area contributed by atoms with Gasteiger partial charge in [0, 0.05) is 12.5 Å². The van der Waals surface area contributed by atoms with E-state index in [0.717, 1.165) is 5.56 Å². The van der Waals surface area contributed by atoms with Gasteiger partial charge in [0.15, 0.2) is 0 Å². The summed E-state index contributed by atoms with van der Waals surface area (Å²) in [6, 6.07) is 9.62. The zero-order valence-electron chi connectivity index (χ0n) is 10.1. The summed E-state index contributed by atoms with van der Waals surface area (Å²) in [5.41, 5.74) is 1.63. The van der Waals surface area contributed by atoms with Crippen molar-refractivity contribution in [2.24, 2.45) is 11.8 Å². The van der Waals surface area contributed by atoms with Gasteiger partial charge in [-0.25, -0.2) is 4.39 Å². The van der Waals surface area contributed by atoms with Crippen molar-refractivity contribution in [3.63, 3.8) is 0 Å². The first-order valence-electron chi connectivity index (χ1n) is 6.12. The van der Waals surface area contributed by atoms with E-state index in [1.165, 1.54) is 0 Å². The lowest BCUT2D eigenvalue weighted by atomic mass is 9.68. The fourth-order valence-electron chi connectivity index (χ4n) is 2.89. The van der Waals surface area contributed by atoms with E-state index in [1.54, 1.807) is 0 Å². The minimum atomic E-state index is -1.04. The summed E-state index contributed by atoms with van der Waals surface area (Å²) >= 11 is 0. The Balaban J connectivity index is 2.36. The summed E-state index contributed by atoms with van der Waals surface area (Å²) in [6.45, 7) is 5.93. The molecule has 1 aliphatic carbocycles. The van der Waals surface area contributed by atoms with Crippen LogP contribution in [-0.4, -0.2) is 17.9 Å². The van der Waals surface area contributed by atoms with Crippen molar-refractivity contribution in [2.45, 2.75) is 25.4 Å². The second-order valence-electron chi connectivity index (χ2n) is 5.02. The van der Waals surface area contributed by atoms with Crippen molar-refractivity contribution >= 4 is 0 Å². The zero-order valence-corrected chi connectivity index (χ0v) is 10.1. The molecule has 1 fully saturated rings. The molecule has 2 heteroatoms. The molecule has 0 aromatic heterocycles.